The summed E-state index contributed by atoms with van der Waals surface area (Å²) in [5, 5.41) is 10.2. The number of carbonyl (C=O) groups excluding carboxylic acids is 1. The Balaban J connectivity index is 1.63. The molecule has 2 atom stereocenters. The molecule has 0 aliphatic carbocycles. The van der Waals surface area contributed by atoms with Gasteiger partial charge in [0.25, 0.3) is 5.91 Å². The summed E-state index contributed by atoms with van der Waals surface area (Å²) in [4.78, 5) is 16.2. The van der Waals surface area contributed by atoms with Crippen LogP contribution in [0.15, 0.2) is 60.0 Å². The molecule has 0 radical (unpaired) electrons. The molecule has 1 aliphatic heterocycles. The van der Waals surface area contributed by atoms with Crippen LogP contribution in [0.3, 0.4) is 0 Å². The van der Waals surface area contributed by atoms with Crippen molar-refractivity contribution >= 4 is 17.9 Å². The molecule has 34 heavy (non-hydrogen) atoms. The Bertz CT molecular complexity index is 1190. The molecule has 13 heteroatoms. The number of carbonyl (C=O) groups is 1. The number of rotatable bonds is 5. The van der Waals surface area contributed by atoms with Gasteiger partial charge < -0.3 is 5.32 Å². The Labute approximate surface area is 188 Å². The van der Waals surface area contributed by atoms with Gasteiger partial charge in [0.15, 0.2) is 5.69 Å². The molecule has 2 unspecified atom stereocenters. The second-order valence-electron chi connectivity index (χ2n) is 7.46. The third-order valence-corrected chi connectivity index (χ3v) is 5.20. The van der Waals surface area contributed by atoms with Gasteiger partial charge in [0.05, 0.1) is 12.3 Å². The quantitative estimate of drug-likeness (QED) is 0.319. The van der Waals surface area contributed by atoms with Gasteiger partial charge in [-0.25, -0.2) is 14.5 Å². The standard InChI is InChI=1S/C21H16F6N6O/c22-14-3-1-13(2-4-14)15-9-17(20(23,24)21(25,26)27)33-18(30-15)10-16(32-33)19(34)31-29-11-12-5-7-28-8-6-12/h1-8,10-11,15,17,30H,9H2,(H,31,34)/b29-11+. The van der Waals surface area contributed by atoms with Gasteiger partial charge in [-0.05, 0) is 35.4 Å². The minimum atomic E-state index is -5.86. The largest absolute Gasteiger partial charge is 0.455 e. The number of pyridine rings is 1. The van der Waals surface area contributed by atoms with Crippen molar-refractivity contribution in [2.45, 2.75) is 30.6 Å². The summed E-state index contributed by atoms with van der Waals surface area (Å²) in [5.74, 6) is -6.88. The number of benzene rings is 1. The lowest BCUT2D eigenvalue weighted by atomic mass is 9.93. The van der Waals surface area contributed by atoms with Gasteiger partial charge in [-0.2, -0.15) is 32.2 Å². The highest BCUT2D eigenvalue weighted by molar-refractivity contribution is 5.93. The second kappa shape index (κ2) is 8.80. The van der Waals surface area contributed by atoms with Gasteiger partial charge in [0.2, 0.25) is 0 Å². The SMILES string of the molecule is O=C(N/N=C/c1ccncc1)c1cc2n(n1)C(C(F)(F)C(F)(F)F)CC(c1ccc(F)cc1)N2. The lowest BCUT2D eigenvalue weighted by molar-refractivity contribution is -0.301. The fourth-order valence-corrected chi connectivity index (χ4v) is 3.49. The Hall–Kier alpha value is -3.90. The van der Waals surface area contributed by atoms with Gasteiger partial charge in [0.1, 0.15) is 17.7 Å². The van der Waals surface area contributed by atoms with E-state index in [9.17, 15) is 31.1 Å². The first-order chi connectivity index (χ1) is 16.1. The summed E-state index contributed by atoms with van der Waals surface area (Å²) in [6, 6.07) is 5.50. The first-order valence-corrected chi connectivity index (χ1v) is 9.86. The van der Waals surface area contributed by atoms with Crippen LogP contribution in [0, 0.1) is 5.82 Å². The molecular weight excluding hydrogens is 466 g/mol. The van der Waals surface area contributed by atoms with Crippen molar-refractivity contribution in [3.8, 4) is 0 Å². The number of aromatic nitrogens is 3. The number of hydrogen-bond donors (Lipinski definition) is 2. The molecule has 2 N–H and O–H groups in total. The Morgan fingerprint density at radius 1 is 1.12 bits per heavy atom. The fraction of sp³-hybridized carbons (Fsp3) is 0.238. The number of nitrogens with one attached hydrogen (secondary N) is 2. The summed E-state index contributed by atoms with van der Waals surface area (Å²) >= 11 is 0. The third kappa shape index (κ3) is 4.58. The summed E-state index contributed by atoms with van der Waals surface area (Å²) in [6.07, 6.45) is -2.29. The summed E-state index contributed by atoms with van der Waals surface area (Å²) in [6.45, 7) is 0. The highest BCUT2D eigenvalue weighted by Crippen LogP contribution is 2.50. The molecule has 3 aromatic rings. The Morgan fingerprint density at radius 2 is 1.79 bits per heavy atom. The smallest absolute Gasteiger partial charge is 0.363 e. The van der Waals surface area contributed by atoms with Crippen LogP contribution in [0.2, 0.25) is 0 Å². The number of fused-ring (bicyclic) bond motifs is 1. The lowest BCUT2D eigenvalue weighted by Gasteiger charge is -2.37. The number of anilines is 1. The molecule has 2 aromatic heterocycles. The molecule has 178 valence electrons. The van der Waals surface area contributed by atoms with E-state index in [1.807, 2.05) is 0 Å². The van der Waals surface area contributed by atoms with Crippen molar-refractivity contribution in [3.05, 3.63) is 77.5 Å². The molecule has 0 spiro atoms. The van der Waals surface area contributed by atoms with Crippen molar-refractivity contribution in [2.75, 3.05) is 5.32 Å². The number of halogens is 6. The van der Waals surface area contributed by atoms with Crippen molar-refractivity contribution in [2.24, 2.45) is 5.10 Å². The Morgan fingerprint density at radius 3 is 2.44 bits per heavy atom. The number of amides is 1. The minimum absolute atomic E-state index is 0.224. The average Bonchev–Trinajstić information content (AvgIpc) is 3.23. The van der Waals surface area contributed by atoms with Crippen LogP contribution in [0.5, 0.6) is 0 Å². The number of hydrazone groups is 1. The normalized spacial score (nSPS) is 18.4. The predicted octanol–water partition coefficient (Wildman–Crippen LogP) is 4.48. The van der Waals surface area contributed by atoms with Crippen LogP contribution >= 0.6 is 0 Å². The highest BCUT2D eigenvalue weighted by atomic mass is 19.4. The summed E-state index contributed by atoms with van der Waals surface area (Å²) in [5.41, 5.74) is 2.63. The molecule has 3 heterocycles. The molecule has 7 nitrogen and oxygen atoms in total. The monoisotopic (exact) mass is 482 g/mol. The topological polar surface area (TPSA) is 84.2 Å². The van der Waals surface area contributed by atoms with E-state index in [1.165, 1.54) is 30.7 Å². The van der Waals surface area contributed by atoms with E-state index in [0.717, 1.165) is 18.2 Å². The van der Waals surface area contributed by atoms with Crippen LogP contribution in [0.4, 0.5) is 32.2 Å². The van der Waals surface area contributed by atoms with Crippen LogP contribution in [-0.2, 0) is 0 Å². The van der Waals surface area contributed by atoms with Crippen LogP contribution in [-0.4, -0.2) is 39.0 Å². The summed E-state index contributed by atoms with van der Waals surface area (Å²) in [7, 11) is 0. The molecular formula is C21H16F6N6O. The number of alkyl halides is 5. The fourth-order valence-electron chi connectivity index (χ4n) is 3.49. The zero-order chi connectivity index (χ0) is 24.5. The predicted molar refractivity (Wildman–Crippen MR) is 109 cm³/mol. The van der Waals surface area contributed by atoms with Gasteiger partial charge in [0, 0.05) is 24.9 Å². The first-order valence-electron chi connectivity index (χ1n) is 9.86. The van der Waals surface area contributed by atoms with E-state index >= 15 is 0 Å². The highest BCUT2D eigenvalue weighted by Gasteiger charge is 2.64. The van der Waals surface area contributed by atoms with E-state index < -0.39 is 48.0 Å². The van der Waals surface area contributed by atoms with Crippen molar-refractivity contribution in [1.82, 2.24) is 20.2 Å². The van der Waals surface area contributed by atoms with Crippen molar-refractivity contribution in [1.29, 1.82) is 0 Å². The van der Waals surface area contributed by atoms with Gasteiger partial charge in [-0.1, -0.05) is 12.1 Å². The minimum Gasteiger partial charge on any atom is -0.363 e. The van der Waals surface area contributed by atoms with Crippen molar-refractivity contribution in [3.63, 3.8) is 0 Å². The maximum absolute atomic E-state index is 14.4. The lowest BCUT2D eigenvalue weighted by Crippen LogP contribution is -2.47. The third-order valence-electron chi connectivity index (χ3n) is 5.20. The number of hydrogen-bond acceptors (Lipinski definition) is 5. The molecule has 0 fully saturated rings. The van der Waals surface area contributed by atoms with E-state index in [2.05, 4.69) is 25.9 Å². The average molecular weight is 482 g/mol. The first kappa shape index (κ1) is 23.3. The molecule has 0 bridgehead atoms. The zero-order valence-corrected chi connectivity index (χ0v) is 17.1. The van der Waals surface area contributed by atoms with Crippen LogP contribution in [0.25, 0.3) is 0 Å². The molecule has 0 saturated heterocycles. The van der Waals surface area contributed by atoms with Gasteiger partial charge in [-0.15, -0.1) is 0 Å². The molecule has 4 rings (SSSR count). The van der Waals surface area contributed by atoms with E-state index in [-0.39, 0.29) is 5.82 Å². The molecule has 1 aromatic carbocycles. The maximum Gasteiger partial charge on any atom is 0.455 e. The van der Waals surface area contributed by atoms with Crippen LogP contribution < -0.4 is 10.7 Å². The number of nitrogens with zero attached hydrogens (tertiary/aromatic N) is 4. The van der Waals surface area contributed by atoms with Crippen molar-refractivity contribution < 1.29 is 31.1 Å². The van der Waals surface area contributed by atoms with Gasteiger partial charge >= 0.3 is 12.1 Å². The molecule has 1 aliphatic rings. The zero-order valence-electron chi connectivity index (χ0n) is 17.1. The second-order valence-corrected chi connectivity index (χ2v) is 7.46. The maximum atomic E-state index is 14.4. The van der Waals surface area contributed by atoms with E-state index in [4.69, 9.17) is 0 Å². The Kier molecular flexibility index (Phi) is 6.02. The van der Waals surface area contributed by atoms with E-state index in [1.54, 1.807) is 12.1 Å². The van der Waals surface area contributed by atoms with Gasteiger partial charge in [-0.3, -0.25) is 9.78 Å². The molecule has 1 amide bonds. The van der Waals surface area contributed by atoms with E-state index in [0.29, 0.717) is 15.8 Å². The summed E-state index contributed by atoms with van der Waals surface area (Å²) < 4.78 is 82.3. The molecule has 0 saturated carbocycles. The van der Waals surface area contributed by atoms with Crippen LogP contribution in [0.1, 0.15) is 40.1 Å².